The molecule has 2 aromatic heterocycles. The molecule has 27 heavy (non-hydrogen) atoms. The third-order valence-corrected chi connectivity index (χ3v) is 5.33. The van der Waals surface area contributed by atoms with Gasteiger partial charge in [0, 0.05) is 18.0 Å². The number of thioether (sulfide) groups is 1. The molecule has 2 heterocycles. The summed E-state index contributed by atoms with van der Waals surface area (Å²) in [7, 11) is 0. The van der Waals surface area contributed by atoms with Gasteiger partial charge in [0.05, 0.1) is 11.8 Å². The van der Waals surface area contributed by atoms with Gasteiger partial charge in [0.15, 0.2) is 0 Å². The number of rotatable bonds is 7. The maximum Gasteiger partial charge on any atom is 0.277 e. The van der Waals surface area contributed by atoms with Crippen LogP contribution in [-0.4, -0.2) is 26.8 Å². The van der Waals surface area contributed by atoms with E-state index in [4.69, 9.17) is 4.42 Å². The lowest BCUT2D eigenvalue weighted by Crippen LogP contribution is -2.31. The van der Waals surface area contributed by atoms with Crippen molar-refractivity contribution in [3.05, 3.63) is 59.9 Å². The summed E-state index contributed by atoms with van der Waals surface area (Å²) in [6.45, 7) is 2.07. The fourth-order valence-electron chi connectivity index (χ4n) is 2.90. The SMILES string of the molecule is Cc1ccc(C(NC(=O)CSc2nnc(-c3ccncc3)o2)C2CC2)cc1. The molecule has 1 aliphatic rings. The van der Waals surface area contributed by atoms with Crippen molar-refractivity contribution in [3.8, 4) is 11.5 Å². The molecule has 0 bridgehead atoms. The summed E-state index contributed by atoms with van der Waals surface area (Å²) < 4.78 is 5.62. The highest BCUT2D eigenvalue weighted by molar-refractivity contribution is 7.99. The van der Waals surface area contributed by atoms with Crippen molar-refractivity contribution < 1.29 is 9.21 Å². The Morgan fingerprint density at radius 2 is 1.93 bits per heavy atom. The van der Waals surface area contributed by atoms with E-state index in [1.54, 1.807) is 24.5 Å². The zero-order chi connectivity index (χ0) is 18.6. The Kier molecular flexibility index (Phi) is 5.20. The number of benzene rings is 1. The molecule has 0 radical (unpaired) electrons. The summed E-state index contributed by atoms with van der Waals surface area (Å²) in [6, 6.07) is 12.1. The number of aryl methyl sites for hydroxylation is 1. The van der Waals surface area contributed by atoms with Gasteiger partial charge in [-0.15, -0.1) is 10.2 Å². The maximum atomic E-state index is 12.4. The molecular weight excluding hydrogens is 360 g/mol. The van der Waals surface area contributed by atoms with Gasteiger partial charge in [0.2, 0.25) is 11.8 Å². The van der Waals surface area contributed by atoms with Crippen LogP contribution in [0.1, 0.15) is 30.0 Å². The van der Waals surface area contributed by atoms with Gasteiger partial charge in [-0.1, -0.05) is 41.6 Å². The molecule has 3 aromatic rings. The Hall–Kier alpha value is -2.67. The second-order valence-electron chi connectivity index (χ2n) is 6.69. The first-order chi connectivity index (χ1) is 13.2. The summed E-state index contributed by atoms with van der Waals surface area (Å²) in [5.41, 5.74) is 3.19. The van der Waals surface area contributed by atoms with Crippen molar-refractivity contribution >= 4 is 17.7 Å². The molecule has 1 amide bonds. The number of carbonyl (C=O) groups is 1. The summed E-state index contributed by atoms with van der Waals surface area (Å²) >= 11 is 1.25. The van der Waals surface area contributed by atoms with Crippen LogP contribution in [0.4, 0.5) is 0 Å². The quantitative estimate of drug-likeness (QED) is 0.628. The van der Waals surface area contributed by atoms with E-state index < -0.39 is 0 Å². The number of carbonyl (C=O) groups excluding carboxylic acids is 1. The molecule has 6 nitrogen and oxygen atoms in total. The fourth-order valence-corrected chi connectivity index (χ4v) is 3.47. The van der Waals surface area contributed by atoms with Crippen LogP contribution in [0.3, 0.4) is 0 Å². The second-order valence-corrected chi connectivity index (χ2v) is 7.62. The van der Waals surface area contributed by atoms with E-state index >= 15 is 0 Å². The molecule has 1 atom stereocenters. The van der Waals surface area contributed by atoms with E-state index in [1.165, 1.54) is 22.9 Å². The summed E-state index contributed by atoms with van der Waals surface area (Å²) in [5.74, 6) is 1.17. The number of nitrogens with zero attached hydrogens (tertiary/aromatic N) is 3. The Labute approximate surface area is 161 Å². The summed E-state index contributed by atoms with van der Waals surface area (Å²) in [6.07, 6.45) is 5.65. The molecular formula is C20H20N4O2S. The average molecular weight is 380 g/mol. The number of pyridine rings is 1. The highest BCUT2D eigenvalue weighted by Gasteiger charge is 2.33. The third-order valence-electron chi connectivity index (χ3n) is 4.51. The molecule has 0 spiro atoms. The van der Waals surface area contributed by atoms with Crippen LogP contribution in [0, 0.1) is 12.8 Å². The van der Waals surface area contributed by atoms with Gasteiger partial charge < -0.3 is 9.73 Å². The van der Waals surface area contributed by atoms with Gasteiger partial charge in [0.25, 0.3) is 5.22 Å². The minimum Gasteiger partial charge on any atom is -0.411 e. The number of aromatic nitrogens is 3. The van der Waals surface area contributed by atoms with E-state index in [0.717, 1.165) is 18.4 Å². The highest BCUT2D eigenvalue weighted by atomic mass is 32.2. The summed E-state index contributed by atoms with van der Waals surface area (Å²) in [4.78, 5) is 16.4. The molecule has 4 rings (SSSR count). The minimum atomic E-state index is -0.0267. The second kappa shape index (κ2) is 7.92. The molecule has 1 fully saturated rings. The molecule has 0 aliphatic heterocycles. The molecule has 1 aromatic carbocycles. The normalized spacial score (nSPS) is 14.7. The van der Waals surface area contributed by atoms with Crippen LogP contribution in [0.2, 0.25) is 0 Å². The van der Waals surface area contributed by atoms with Crippen molar-refractivity contribution in [1.29, 1.82) is 0 Å². The molecule has 1 unspecified atom stereocenters. The smallest absolute Gasteiger partial charge is 0.277 e. The predicted octanol–water partition coefficient (Wildman–Crippen LogP) is 3.80. The predicted molar refractivity (Wildman–Crippen MR) is 103 cm³/mol. The van der Waals surface area contributed by atoms with Gasteiger partial charge in [-0.3, -0.25) is 9.78 Å². The van der Waals surface area contributed by atoms with E-state index in [0.29, 0.717) is 17.0 Å². The van der Waals surface area contributed by atoms with E-state index in [2.05, 4.69) is 51.7 Å². The standard InChI is InChI=1S/C20H20N4O2S/c1-13-2-4-14(5-3-13)18(15-6-7-15)22-17(25)12-27-20-24-23-19(26-20)16-8-10-21-11-9-16/h2-5,8-11,15,18H,6-7,12H2,1H3,(H,22,25). The molecule has 7 heteroatoms. The van der Waals surface area contributed by atoms with E-state index in [-0.39, 0.29) is 17.7 Å². The number of hydrogen-bond donors (Lipinski definition) is 1. The topological polar surface area (TPSA) is 80.9 Å². The van der Waals surface area contributed by atoms with Crippen molar-refractivity contribution in [2.24, 2.45) is 5.92 Å². The first-order valence-corrected chi connectivity index (χ1v) is 9.90. The minimum absolute atomic E-state index is 0.0267. The molecule has 1 N–H and O–H groups in total. The fraction of sp³-hybridized carbons (Fsp3) is 0.300. The van der Waals surface area contributed by atoms with Crippen LogP contribution in [0.5, 0.6) is 0 Å². The Morgan fingerprint density at radius 3 is 2.63 bits per heavy atom. The van der Waals surface area contributed by atoms with Crippen LogP contribution < -0.4 is 5.32 Å². The molecule has 1 saturated carbocycles. The van der Waals surface area contributed by atoms with E-state index in [9.17, 15) is 4.79 Å². The lowest BCUT2D eigenvalue weighted by molar-refractivity contribution is -0.119. The van der Waals surface area contributed by atoms with Crippen molar-refractivity contribution in [1.82, 2.24) is 20.5 Å². The largest absolute Gasteiger partial charge is 0.411 e. The van der Waals surface area contributed by atoms with E-state index in [1.807, 2.05) is 0 Å². The van der Waals surface area contributed by atoms with Crippen LogP contribution in [0.15, 0.2) is 58.4 Å². The first-order valence-electron chi connectivity index (χ1n) is 8.91. The Balaban J connectivity index is 1.35. The highest BCUT2D eigenvalue weighted by Crippen LogP contribution is 2.41. The van der Waals surface area contributed by atoms with Crippen molar-refractivity contribution in [2.45, 2.75) is 31.0 Å². The third kappa shape index (κ3) is 4.54. The number of nitrogens with one attached hydrogen (secondary N) is 1. The van der Waals surface area contributed by atoms with Gasteiger partial charge >= 0.3 is 0 Å². The first kappa shape index (κ1) is 17.7. The summed E-state index contributed by atoms with van der Waals surface area (Å²) in [5, 5.41) is 11.6. The van der Waals surface area contributed by atoms with Crippen LogP contribution in [-0.2, 0) is 4.79 Å². The zero-order valence-electron chi connectivity index (χ0n) is 15.0. The van der Waals surface area contributed by atoms with Crippen molar-refractivity contribution in [2.75, 3.05) is 5.75 Å². The van der Waals surface area contributed by atoms with Gasteiger partial charge in [-0.2, -0.15) is 0 Å². The number of hydrogen-bond acceptors (Lipinski definition) is 6. The van der Waals surface area contributed by atoms with Gasteiger partial charge in [-0.25, -0.2) is 0 Å². The molecule has 1 aliphatic carbocycles. The Bertz CT molecular complexity index is 907. The lowest BCUT2D eigenvalue weighted by Gasteiger charge is -2.18. The van der Waals surface area contributed by atoms with Crippen LogP contribution >= 0.6 is 11.8 Å². The maximum absolute atomic E-state index is 12.4. The van der Waals surface area contributed by atoms with Gasteiger partial charge in [-0.05, 0) is 43.4 Å². The molecule has 138 valence electrons. The average Bonchev–Trinajstić information content (AvgIpc) is 3.43. The monoisotopic (exact) mass is 380 g/mol. The number of amides is 1. The van der Waals surface area contributed by atoms with Crippen molar-refractivity contribution in [3.63, 3.8) is 0 Å². The zero-order valence-corrected chi connectivity index (χ0v) is 15.8. The van der Waals surface area contributed by atoms with Crippen LogP contribution in [0.25, 0.3) is 11.5 Å². The Morgan fingerprint density at radius 1 is 1.19 bits per heavy atom. The molecule has 0 saturated heterocycles. The lowest BCUT2D eigenvalue weighted by atomic mass is 10.0. The van der Waals surface area contributed by atoms with Gasteiger partial charge in [0.1, 0.15) is 0 Å².